The van der Waals surface area contributed by atoms with Gasteiger partial charge in [0, 0.05) is 25.2 Å². The molecule has 1 N–H and O–H groups in total. The van der Waals surface area contributed by atoms with E-state index in [2.05, 4.69) is 5.32 Å². The molecule has 0 aliphatic carbocycles. The van der Waals surface area contributed by atoms with Gasteiger partial charge in [-0.05, 0) is 37.1 Å². The van der Waals surface area contributed by atoms with E-state index >= 15 is 0 Å². The summed E-state index contributed by atoms with van der Waals surface area (Å²) < 4.78 is 23.5. The predicted molar refractivity (Wildman–Crippen MR) is 92.7 cm³/mol. The minimum atomic E-state index is -0.542. The summed E-state index contributed by atoms with van der Waals surface area (Å²) in [6.07, 6.45) is 2.77. The third-order valence-corrected chi connectivity index (χ3v) is 4.43. The molecular weight excluding hydrogens is 363 g/mol. The summed E-state index contributed by atoms with van der Waals surface area (Å²) in [6.45, 7) is 0.894. The van der Waals surface area contributed by atoms with Crippen molar-refractivity contribution in [2.75, 3.05) is 19.7 Å². The highest BCUT2D eigenvalue weighted by atomic mass is 35.5. The lowest BCUT2D eigenvalue weighted by molar-refractivity contribution is -0.124. The molecule has 0 atom stereocenters. The Balaban J connectivity index is 1.42. The van der Waals surface area contributed by atoms with E-state index in [0.29, 0.717) is 37.4 Å². The van der Waals surface area contributed by atoms with E-state index in [1.54, 1.807) is 17.0 Å². The van der Waals surface area contributed by atoms with Gasteiger partial charge in [-0.3, -0.25) is 9.59 Å². The van der Waals surface area contributed by atoms with Crippen molar-refractivity contribution in [1.82, 2.24) is 10.2 Å². The van der Waals surface area contributed by atoms with Gasteiger partial charge >= 0.3 is 0 Å². The number of carbonyl (C=O) groups is 2. The number of amides is 2. The van der Waals surface area contributed by atoms with Crippen LogP contribution in [-0.2, 0) is 4.79 Å². The first-order valence-corrected chi connectivity index (χ1v) is 8.60. The van der Waals surface area contributed by atoms with E-state index in [9.17, 15) is 14.0 Å². The Bertz CT molecular complexity index is 774. The molecule has 0 unspecified atom stereocenters. The quantitative estimate of drug-likeness (QED) is 0.865. The van der Waals surface area contributed by atoms with Crippen LogP contribution in [-0.4, -0.2) is 42.5 Å². The van der Waals surface area contributed by atoms with Gasteiger partial charge < -0.3 is 19.4 Å². The van der Waals surface area contributed by atoms with Gasteiger partial charge in [-0.2, -0.15) is 0 Å². The minimum Gasteiger partial charge on any atom is -0.484 e. The van der Waals surface area contributed by atoms with Crippen molar-refractivity contribution < 1.29 is 23.1 Å². The van der Waals surface area contributed by atoms with Crippen LogP contribution in [0.4, 0.5) is 4.39 Å². The molecule has 0 saturated carbocycles. The first-order chi connectivity index (χ1) is 12.5. The number of carbonyl (C=O) groups excluding carboxylic acids is 2. The molecule has 2 heterocycles. The van der Waals surface area contributed by atoms with Crippen molar-refractivity contribution in [2.45, 2.75) is 18.9 Å². The molecule has 1 aliphatic heterocycles. The Kier molecular flexibility index (Phi) is 5.78. The van der Waals surface area contributed by atoms with Crippen LogP contribution >= 0.6 is 11.6 Å². The van der Waals surface area contributed by atoms with Crippen molar-refractivity contribution in [3.8, 4) is 5.75 Å². The Morgan fingerprint density at radius 3 is 2.73 bits per heavy atom. The fourth-order valence-corrected chi connectivity index (χ4v) is 2.94. The van der Waals surface area contributed by atoms with Crippen LogP contribution < -0.4 is 10.1 Å². The highest BCUT2D eigenvalue weighted by Crippen LogP contribution is 2.21. The zero-order valence-corrected chi connectivity index (χ0v) is 14.7. The lowest BCUT2D eigenvalue weighted by Gasteiger charge is -2.31. The van der Waals surface area contributed by atoms with E-state index in [0.717, 1.165) is 0 Å². The van der Waals surface area contributed by atoms with Crippen LogP contribution in [0.15, 0.2) is 41.0 Å². The maximum atomic E-state index is 13.1. The van der Waals surface area contributed by atoms with E-state index in [1.807, 2.05) is 0 Å². The lowest BCUT2D eigenvalue weighted by atomic mass is 10.0. The summed E-state index contributed by atoms with van der Waals surface area (Å²) in [5.74, 6) is -0.318. The Morgan fingerprint density at radius 2 is 2.08 bits per heavy atom. The summed E-state index contributed by atoms with van der Waals surface area (Å²) in [5.41, 5.74) is 0. The average Bonchev–Trinajstić information content (AvgIpc) is 3.17. The number of halogens is 2. The van der Waals surface area contributed by atoms with Gasteiger partial charge in [-0.25, -0.2) is 4.39 Å². The first kappa shape index (κ1) is 18.3. The molecule has 2 aromatic rings. The van der Waals surface area contributed by atoms with Crippen LogP contribution in [0.5, 0.6) is 5.75 Å². The van der Waals surface area contributed by atoms with Gasteiger partial charge in [0.05, 0.1) is 11.3 Å². The molecule has 1 saturated heterocycles. The highest BCUT2D eigenvalue weighted by molar-refractivity contribution is 6.30. The minimum absolute atomic E-state index is 0.0245. The standard InChI is InChI=1S/C18H18ClFN2O4/c19-14-10-13(3-4-15(14)20)26-11-17(23)21-12-5-7-22(8-6-12)18(24)16-2-1-9-25-16/h1-4,9-10,12H,5-8,11H2,(H,21,23). The Morgan fingerprint density at radius 1 is 1.31 bits per heavy atom. The van der Waals surface area contributed by atoms with Crippen LogP contribution in [0.3, 0.4) is 0 Å². The maximum Gasteiger partial charge on any atom is 0.289 e. The van der Waals surface area contributed by atoms with Crippen molar-refractivity contribution in [3.63, 3.8) is 0 Å². The molecule has 6 nitrogen and oxygen atoms in total. The Labute approximate surface area is 154 Å². The molecule has 0 spiro atoms. The smallest absolute Gasteiger partial charge is 0.289 e. The summed E-state index contributed by atoms with van der Waals surface area (Å²) in [5, 5.41) is 2.82. The van der Waals surface area contributed by atoms with Crippen molar-refractivity contribution >= 4 is 23.4 Å². The third-order valence-electron chi connectivity index (χ3n) is 4.14. The molecule has 1 aromatic carbocycles. The number of nitrogens with zero attached hydrogens (tertiary/aromatic N) is 1. The summed E-state index contributed by atoms with van der Waals surface area (Å²) in [6, 6.07) is 7.20. The molecule has 1 fully saturated rings. The molecule has 0 radical (unpaired) electrons. The number of hydrogen-bond acceptors (Lipinski definition) is 4. The SMILES string of the molecule is O=C(COc1ccc(F)c(Cl)c1)NC1CCN(C(=O)c2ccco2)CC1. The average molecular weight is 381 g/mol. The number of ether oxygens (including phenoxy) is 1. The molecule has 8 heteroatoms. The van der Waals surface area contributed by atoms with E-state index in [4.69, 9.17) is 20.8 Å². The summed E-state index contributed by atoms with van der Waals surface area (Å²) in [4.78, 5) is 25.9. The van der Waals surface area contributed by atoms with Crippen molar-refractivity contribution in [3.05, 3.63) is 53.2 Å². The molecular formula is C18H18ClFN2O4. The second-order valence-electron chi connectivity index (χ2n) is 5.98. The van der Waals surface area contributed by atoms with Gasteiger partial charge in [0.1, 0.15) is 11.6 Å². The van der Waals surface area contributed by atoms with Crippen LogP contribution in [0.1, 0.15) is 23.4 Å². The lowest BCUT2D eigenvalue weighted by Crippen LogP contribution is -2.47. The highest BCUT2D eigenvalue weighted by Gasteiger charge is 2.25. The van der Waals surface area contributed by atoms with Crippen LogP contribution in [0.2, 0.25) is 5.02 Å². The first-order valence-electron chi connectivity index (χ1n) is 8.23. The zero-order valence-electron chi connectivity index (χ0n) is 13.9. The zero-order chi connectivity index (χ0) is 18.5. The van der Waals surface area contributed by atoms with Crippen molar-refractivity contribution in [2.24, 2.45) is 0 Å². The van der Waals surface area contributed by atoms with Gasteiger partial charge in [-0.15, -0.1) is 0 Å². The van der Waals surface area contributed by atoms with E-state index in [1.165, 1.54) is 24.5 Å². The molecule has 3 rings (SSSR count). The number of furan rings is 1. The molecule has 138 valence electrons. The monoisotopic (exact) mass is 380 g/mol. The van der Waals surface area contributed by atoms with Gasteiger partial charge in [0.15, 0.2) is 12.4 Å². The van der Waals surface area contributed by atoms with Crippen molar-refractivity contribution in [1.29, 1.82) is 0 Å². The number of piperidine rings is 1. The molecule has 26 heavy (non-hydrogen) atoms. The number of hydrogen-bond donors (Lipinski definition) is 1. The van der Waals surface area contributed by atoms with Gasteiger partial charge in [-0.1, -0.05) is 11.6 Å². The second-order valence-corrected chi connectivity index (χ2v) is 6.38. The number of likely N-dealkylation sites (tertiary alicyclic amines) is 1. The number of nitrogens with one attached hydrogen (secondary N) is 1. The van der Waals surface area contributed by atoms with Gasteiger partial charge in [0.2, 0.25) is 0 Å². The van der Waals surface area contributed by atoms with E-state index in [-0.39, 0.29) is 29.5 Å². The maximum absolute atomic E-state index is 13.1. The summed E-state index contributed by atoms with van der Waals surface area (Å²) in [7, 11) is 0. The Hall–Kier alpha value is -2.54. The van der Waals surface area contributed by atoms with Crippen LogP contribution in [0, 0.1) is 5.82 Å². The fraction of sp³-hybridized carbons (Fsp3) is 0.333. The normalized spacial score (nSPS) is 14.9. The molecule has 0 bridgehead atoms. The third kappa shape index (κ3) is 4.54. The van der Waals surface area contributed by atoms with Crippen LogP contribution in [0.25, 0.3) is 0 Å². The largest absolute Gasteiger partial charge is 0.484 e. The number of rotatable bonds is 5. The van der Waals surface area contributed by atoms with E-state index < -0.39 is 5.82 Å². The van der Waals surface area contributed by atoms with Gasteiger partial charge in [0.25, 0.3) is 11.8 Å². The number of benzene rings is 1. The molecule has 1 aliphatic rings. The topological polar surface area (TPSA) is 71.8 Å². The molecule has 2 amide bonds. The predicted octanol–water partition coefficient (Wildman–Crippen LogP) is 2.87. The fourth-order valence-electron chi connectivity index (χ4n) is 2.77. The second kappa shape index (κ2) is 8.23. The summed E-state index contributed by atoms with van der Waals surface area (Å²) >= 11 is 5.67. The molecule has 1 aromatic heterocycles.